The maximum absolute atomic E-state index is 13.5. The highest BCUT2D eigenvalue weighted by Gasteiger charge is 2.33. The predicted molar refractivity (Wildman–Crippen MR) is 450 cm³/mol. The Hall–Kier alpha value is -13.8. The number of hydrogen-bond donors (Lipinski definition) is 3. The highest BCUT2D eigenvalue weighted by atomic mass is 19.4. The molecular formula is C92H86F6N14O5. The van der Waals surface area contributed by atoms with Gasteiger partial charge in [0, 0.05) is 59.5 Å². The molecule has 0 bridgehead atoms. The Morgan fingerprint density at radius 3 is 1.74 bits per heavy atom. The number of halogens is 6. The van der Waals surface area contributed by atoms with Gasteiger partial charge in [0.25, 0.3) is 17.4 Å². The van der Waals surface area contributed by atoms with Crippen molar-refractivity contribution in [1.82, 2.24) is 59.4 Å². The van der Waals surface area contributed by atoms with E-state index in [1.54, 1.807) is 75.6 Å². The zero-order valence-corrected chi connectivity index (χ0v) is 66.4. The van der Waals surface area contributed by atoms with E-state index < -0.39 is 23.5 Å². The largest absolute Gasteiger partial charge is 0.496 e. The summed E-state index contributed by atoms with van der Waals surface area (Å²) in [6, 6.07) is 75.3. The molecule has 0 saturated heterocycles. The Morgan fingerprint density at radius 1 is 0.547 bits per heavy atom. The Labute approximate surface area is 671 Å². The number of aromatic nitrogens is 11. The quantitative estimate of drug-likeness (QED) is 0.0815. The van der Waals surface area contributed by atoms with Gasteiger partial charge in [-0.25, -0.2) is 19.9 Å². The van der Waals surface area contributed by atoms with E-state index in [4.69, 9.17) is 19.4 Å². The molecule has 117 heavy (non-hydrogen) atoms. The molecule has 11 aromatic carbocycles. The zero-order valence-electron chi connectivity index (χ0n) is 66.4. The molecule has 19 nitrogen and oxygen atoms in total. The molecule has 0 radical (unpaired) electrons. The van der Waals surface area contributed by atoms with Crippen LogP contribution in [0.15, 0.2) is 260 Å². The number of para-hydroxylation sites is 6. The van der Waals surface area contributed by atoms with Gasteiger partial charge in [-0.2, -0.15) is 31.6 Å². The number of fused-ring (bicyclic) bond motifs is 7. The number of nitrogens with zero attached hydrogens (tertiary/aromatic N) is 11. The topological polar surface area (TPSA) is 219 Å². The fraction of sp³-hybridized carbons (Fsp3) is 0.196. The van der Waals surface area contributed by atoms with Crippen molar-refractivity contribution in [3.8, 4) is 62.7 Å². The van der Waals surface area contributed by atoms with Gasteiger partial charge < -0.3 is 29.6 Å². The Kier molecular flexibility index (Phi) is 25.5. The third kappa shape index (κ3) is 18.7. The molecule has 16 aromatic rings. The van der Waals surface area contributed by atoms with Crippen molar-refractivity contribution in [3.05, 3.63) is 304 Å². The number of carbonyl (C=O) groups excluding carboxylic acids is 2. The molecule has 0 spiro atoms. The maximum Gasteiger partial charge on any atom is 0.416 e. The lowest BCUT2D eigenvalue weighted by atomic mass is 10.0. The van der Waals surface area contributed by atoms with Gasteiger partial charge in [-0.3, -0.25) is 23.4 Å². The van der Waals surface area contributed by atoms with Crippen LogP contribution in [0.25, 0.3) is 101 Å². The number of aryl methyl sites for hydroxylation is 2. The van der Waals surface area contributed by atoms with Crippen LogP contribution in [-0.4, -0.2) is 111 Å². The van der Waals surface area contributed by atoms with Gasteiger partial charge in [0.2, 0.25) is 5.82 Å². The third-order valence-electron chi connectivity index (χ3n) is 19.6. The van der Waals surface area contributed by atoms with Crippen molar-refractivity contribution < 1.29 is 45.4 Å². The van der Waals surface area contributed by atoms with Crippen molar-refractivity contribution in [2.24, 2.45) is 0 Å². The Bertz CT molecular complexity index is 6270. The van der Waals surface area contributed by atoms with Crippen LogP contribution < -0.4 is 25.2 Å². The molecule has 5 aromatic heterocycles. The highest BCUT2D eigenvalue weighted by Crippen LogP contribution is 2.38. The van der Waals surface area contributed by atoms with Crippen LogP contribution in [0, 0.1) is 13.8 Å². The van der Waals surface area contributed by atoms with Gasteiger partial charge in [-0.1, -0.05) is 153 Å². The summed E-state index contributed by atoms with van der Waals surface area (Å²) in [5, 5.41) is 18.4. The molecule has 596 valence electrons. The van der Waals surface area contributed by atoms with E-state index >= 15 is 0 Å². The fourth-order valence-corrected chi connectivity index (χ4v) is 13.1. The van der Waals surface area contributed by atoms with E-state index in [0.29, 0.717) is 103 Å². The summed E-state index contributed by atoms with van der Waals surface area (Å²) in [4.78, 5) is 64.3. The number of nitrogens with one attached hydrogen (secondary N) is 3. The average molecular weight is 1580 g/mol. The summed E-state index contributed by atoms with van der Waals surface area (Å²) in [6.45, 7) is 18.8. The number of alkyl halides is 6. The van der Waals surface area contributed by atoms with E-state index in [9.17, 15) is 40.7 Å². The van der Waals surface area contributed by atoms with E-state index in [1.807, 2.05) is 206 Å². The average Bonchev–Trinajstić information content (AvgIpc) is 1.62. The van der Waals surface area contributed by atoms with E-state index in [0.717, 1.165) is 80.0 Å². The lowest BCUT2D eigenvalue weighted by Gasteiger charge is -2.28. The molecule has 0 fully saturated rings. The van der Waals surface area contributed by atoms with Crippen LogP contribution >= 0.6 is 0 Å². The molecular weight excluding hydrogens is 1500 g/mol. The predicted octanol–water partition coefficient (Wildman–Crippen LogP) is 21.3. The molecule has 0 saturated carbocycles. The Balaban J connectivity index is 0.000000139. The maximum atomic E-state index is 13.5. The first-order chi connectivity index (χ1) is 56.1. The van der Waals surface area contributed by atoms with Crippen LogP contribution in [-0.2, 0) is 12.4 Å². The normalized spacial score (nSPS) is 11.4. The molecule has 0 aliphatic heterocycles. The molecule has 0 unspecified atom stereocenters. The van der Waals surface area contributed by atoms with Gasteiger partial charge in [0.15, 0.2) is 0 Å². The van der Waals surface area contributed by atoms with Crippen molar-refractivity contribution in [2.75, 3.05) is 38.0 Å². The number of methoxy groups -OCH3 is 1. The SMILES string of the molecule is CC(C)N(C)C(=O)c1ccccc1N(C)C(C)C.CCOc1ccccc1C(=O)Nc1ccccc1-c1nc2ccc(C(F)(F)F)cc2[nH]1.COc1ccccc1C(C)C.Cc1ccccc1-c1nc2ccccc2c(=O)n1-c1cccc(-c2nn[nH]n2)c1.Cc1ccccc1-c1nc2ccccc2c2nc3ccc(C(F)(F)F)cc3n12. The number of H-pyrrole nitrogens is 2. The number of rotatable bonds is 15. The fourth-order valence-electron chi connectivity index (χ4n) is 13.1. The number of aromatic amines is 2. The number of amides is 2. The van der Waals surface area contributed by atoms with Gasteiger partial charge in [-0.05, 0) is 192 Å². The number of carbonyl (C=O) groups is 2. The van der Waals surface area contributed by atoms with Crippen LogP contribution in [0.5, 0.6) is 11.5 Å². The Morgan fingerprint density at radius 2 is 1.11 bits per heavy atom. The van der Waals surface area contributed by atoms with Crippen molar-refractivity contribution in [1.29, 1.82) is 0 Å². The lowest BCUT2D eigenvalue weighted by molar-refractivity contribution is -0.138. The van der Waals surface area contributed by atoms with Gasteiger partial charge in [0.1, 0.15) is 34.6 Å². The van der Waals surface area contributed by atoms with Gasteiger partial charge >= 0.3 is 12.4 Å². The van der Waals surface area contributed by atoms with Crippen molar-refractivity contribution in [2.45, 2.75) is 92.7 Å². The smallest absolute Gasteiger partial charge is 0.416 e. The lowest BCUT2D eigenvalue weighted by Crippen LogP contribution is -2.35. The number of ether oxygens (including phenoxy) is 2. The number of anilines is 2. The summed E-state index contributed by atoms with van der Waals surface area (Å²) in [6.07, 6.45) is -8.87. The molecule has 0 aliphatic rings. The number of benzene rings is 11. The van der Waals surface area contributed by atoms with Crippen molar-refractivity contribution >= 4 is 72.7 Å². The minimum atomic E-state index is -4.45. The first-order valence-electron chi connectivity index (χ1n) is 37.8. The van der Waals surface area contributed by atoms with Crippen molar-refractivity contribution in [3.63, 3.8) is 0 Å². The zero-order chi connectivity index (χ0) is 83.4. The van der Waals surface area contributed by atoms with E-state index in [2.05, 4.69) is 79.6 Å². The van der Waals surface area contributed by atoms with E-state index in [1.165, 1.54) is 17.7 Å². The van der Waals surface area contributed by atoms with Crippen LogP contribution in [0.1, 0.15) is 103 Å². The molecule has 16 rings (SSSR count). The second kappa shape index (κ2) is 36.1. The molecule has 0 aliphatic carbocycles. The second-order valence-corrected chi connectivity index (χ2v) is 28.3. The molecule has 5 heterocycles. The third-order valence-corrected chi connectivity index (χ3v) is 19.6. The second-order valence-electron chi connectivity index (χ2n) is 28.3. The molecule has 25 heteroatoms. The standard InChI is InChI=1S/C23H18F3N3O2.C22H14F3N3.C22H16N6O.C15H24N2O.C10H14O/c1-2-31-20-10-6-4-8-16(20)22(30)29-17-9-5-3-7-15(17)21-27-18-12-11-14(23(24,25)26)13-19(18)28-21;1-13-6-2-3-7-15(13)20-26-17-9-5-4-8-16(17)21-27-18-11-10-14(22(23,24)25)12-19(18)28(20)21;1-14-7-2-3-10-17(14)21-23-19-12-5-4-11-18(19)22(29)28(21)16-9-6-8-15(13-16)20-24-26-27-25-20;1-11(2)16(5)14-10-8-7-9-13(14)15(18)17(6)12(3)4;1-8(2)9-6-4-5-7-10(9)11-3/h3-13H,2H2,1H3,(H,27,28)(H,29,30);2-12H,1H3;2-13H,1H3,(H,24,25,26,27);7-12H,1-6H3;4-8H,1-3H3. The number of hydrogen-bond acceptors (Lipinski definition) is 13. The number of tetrazole rings is 1. The highest BCUT2D eigenvalue weighted by molar-refractivity contribution is 6.08. The van der Waals surface area contributed by atoms with Crippen LogP contribution in [0.3, 0.4) is 0 Å². The minimum Gasteiger partial charge on any atom is -0.496 e. The molecule has 2 amide bonds. The summed E-state index contributed by atoms with van der Waals surface area (Å²) < 4.78 is 93.1. The first-order valence-corrected chi connectivity index (χ1v) is 37.8. The van der Waals surface area contributed by atoms with Gasteiger partial charge in [-0.15, -0.1) is 10.2 Å². The summed E-state index contributed by atoms with van der Waals surface area (Å²) >= 11 is 0. The summed E-state index contributed by atoms with van der Waals surface area (Å²) in [7, 11) is 5.58. The van der Waals surface area contributed by atoms with Crippen LogP contribution in [0.2, 0.25) is 0 Å². The first kappa shape index (κ1) is 82.6. The molecule has 0 atom stereocenters. The van der Waals surface area contributed by atoms with Gasteiger partial charge in [0.05, 0.1) is 85.8 Å². The minimum absolute atomic E-state index is 0.0769. The number of imidazole rings is 2. The van der Waals surface area contributed by atoms with E-state index in [-0.39, 0.29) is 28.9 Å². The van der Waals surface area contributed by atoms with Crippen LogP contribution in [0.4, 0.5) is 37.7 Å². The summed E-state index contributed by atoms with van der Waals surface area (Å²) in [5.74, 6) is 3.68. The molecule has 3 N–H and O–H groups in total. The monoisotopic (exact) mass is 1580 g/mol. The summed E-state index contributed by atoms with van der Waals surface area (Å²) in [5.41, 5.74) is 11.6.